The molecule has 4 N–H and O–H groups in total. The van der Waals surface area contributed by atoms with Gasteiger partial charge in [0.2, 0.25) is 11.8 Å². The van der Waals surface area contributed by atoms with Crippen LogP contribution in [0.15, 0.2) is 36.5 Å². The molecule has 0 fully saturated rings. The number of carbonyl (C=O) groups excluding carboxylic acids is 2. The number of hydrogen-bond acceptors (Lipinski definition) is 4. The molecule has 1 aromatic carbocycles. The number of hydrogen-bond donors (Lipinski definition) is 3. The van der Waals surface area contributed by atoms with Crippen molar-refractivity contribution in [2.24, 2.45) is 11.7 Å². The third-order valence-electron chi connectivity index (χ3n) is 4.31. The lowest BCUT2D eigenvalue weighted by molar-refractivity contribution is -0.127. The van der Waals surface area contributed by atoms with Crippen LogP contribution in [0.4, 0.5) is 0 Å². The van der Waals surface area contributed by atoms with Gasteiger partial charge in [0.25, 0.3) is 0 Å². The van der Waals surface area contributed by atoms with Crippen LogP contribution in [0.1, 0.15) is 44.9 Å². The SMILES string of the molecule is CC(C)c1nn(-c2ccccc2)cc1CNC(=O)CNC(=O)[C@@H](N)C(C)C. The largest absolute Gasteiger partial charge is 0.350 e. The predicted octanol–water partition coefficient (Wildman–Crippen LogP) is 1.71. The van der Waals surface area contributed by atoms with Gasteiger partial charge in [-0.3, -0.25) is 9.59 Å². The van der Waals surface area contributed by atoms with Crippen molar-refractivity contribution < 1.29 is 9.59 Å². The topological polar surface area (TPSA) is 102 Å². The molecule has 7 heteroatoms. The third-order valence-corrected chi connectivity index (χ3v) is 4.31. The summed E-state index contributed by atoms with van der Waals surface area (Å²) in [6.07, 6.45) is 1.93. The van der Waals surface area contributed by atoms with Crippen molar-refractivity contribution in [2.45, 2.75) is 46.2 Å². The highest BCUT2D eigenvalue weighted by Crippen LogP contribution is 2.19. The number of nitrogens with two attached hydrogens (primary N) is 1. The first-order valence-corrected chi connectivity index (χ1v) is 9.23. The minimum absolute atomic E-state index is 0.0190. The zero-order valence-corrected chi connectivity index (χ0v) is 16.4. The number of para-hydroxylation sites is 1. The van der Waals surface area contributed by atoms with Gasteiger partial charge in [0.15, 0.2) is 0 Å². The molecule has 2 amide bonds. The molecule has 2 rings (SSSR count). The first-order chi connectivity index (χ1) is 12.8. The average Bonchev–Trinajstić information content (AvgIpc) is 3.09. The molecule has 0 aliphatic carbocycles. The highest BCUT2D eigenvalue weighted by molar-refractivity contribution is 5.87. The summed E-state index contributed by atoms with van der Waals surface area (Å²) in [6.45, 7) is 8.12. The van der Waals surface area contributed by atoms with Crippen molar-refractivity contribution >= 4 is 11.8 Å². The summed E-state index contributed by atoms with van der Waals surface area (Å²) in [5.74, 6) is -0.336. The zero-order valence-electron chi connectivity index (χ0n) is 16.4. The van der Waals surface area contributed by atoms with Crippen LogP contribution in [0.3, 0.4) is 0 Å². The van der Waals surface area contributed by atoms with Gasteiger partial charge in [0.1, 0.15) is 0 Å². The van der Waals surface area contributed by atoms with E-state index in [2.05, 4.69) is 29.6 Å². The van der Waals surface area contributed by atoms with E-state index in [1.807, 2.05) is 55.1 Å². The van der Waals surface area contributed by atoms with Crippen molar-refractivity contribution in [2.75, 3.05) is 6.54 Å². The number of amides is 2. The minimum Gasteiger partial charge on any atom is -0.350 e. The molecule has 0 aliphatic heterocycles. The Labute approximate surface area is 160 Å². The number of carbonyl (C=O) groups is 2. The molecule has 27 heavy (non-hydrogen) atoms. The molecule has 0 spiro atoms. The monoisotopic (exact) mass is 371 g/mol. The van der Waals surface area contributed by atoms with Crippen LogP contribution in [0.5, 0.6) is 0 Å². The quantitative estimate of drug-likeness (QED) is 0.657. The molecule has 1 heterocycles. The molecule has 0 unspecified atom stereocenters. The Kier molecular flexibility index (Phi) is 7.12. The highest BCUT2D eigenvalue weighted by Gasteiger charge is 2.18. The summed E-state index contributed by atoms with van der Waals surface area (Å²) in [7, 11) is 0. The summed E-state index contributed by atoms with van der Waals surface area (Å²) in [6, 6.07) is 9.21. The van der Waals surface area contributed by atoms with Gasteiger partial charge in [0.05, 0.1) is 24.0 Å². The number of nitrogens with zero attached hydrogens (tertiary/aromatic N) is 2. The number of rotatable bonds is 8. The Balaban J connectivity index is 1.97. The first-order valence-electron chi connectivity index (χ1n) is 9.23. The number of aromatic nitrogens is 2. The number of benzene rings is 1. The van der Waals surface area contributed by atoms with Crippen LogP contribution in [0.25, 0.3) is 5.69 Å². The Morgan fingerprint density at radius 2 is 1.78 bits per heavy atom. The Hall–Kier alpha value is -2.67. The predicted molar refractivity (Wildman–Crippen MR) is 105 cm³/mol. The van der Waals surface area contributed by atoms with Crippen LogP contribution >= 0.6 is 0 Å². The molecule has 0 saturated carbocycles. The maximum Gasteiger partial charge on any atom is 0.239 e. The van der Waals surface area contributed by atoms with E-state index < -0.39 is 6.04 Å². The fourth-order valence-corrected chi connectivity index (χ4v) is 2.60. The van der Waals surface area contributed by atoms with Gasteiger partial charge < -0.3 is 16.4 Å². The van der Waals surface area contributed by atoms with Gasteiger partial charge in [0, 0.05) is 18.3 Å². The van der Waals surface area contributed by atoms with E-state index in [-0.39, 0.29) is 30.2 Å². The van der Waals surface area contributed by atoms with Crippen molar-refractivity contribution in [3.8, 4) is 5.69 Å². The van der Waals surface area contributed by atoms with Crippen molar-refractivity contribution in [3.05, 3.63) is 47.8 Å². The Morgan fingerprint density at radius 1 is 1.11 bits per heavy atom. The van der Waals surface area contributed by atoms with Crippen molar-refractivity contribution in [1.82, 2.24) is 20.4 Å². The second-order valence-electron chi connectivity index (χ2n) is 7.24. The lowest BCUT2D eigenvalue weighted by Gasteiger charge is -2.15. The molecule has 0 bridgehead atoms. The summed E-state index contributed by atoms with van der Waals surface area (Å²) in [5, 5.41) is 10.1. The lowest BCUT2D eigenvalue weighted by Crippen LogP contribution is -2.47. The zero-order chi connectivity index (χ0) is 20.0. The molecule has 146 valence electrons. The minimum atomic E-state index is -0.616. The molecular formula is C20H29N5O2. The van der Waals surface area contributed by atoms with Crippen LogP contribution in [-0.4, -0.2) is 34.2 Å². The van der Waals surface area contributed by atoms with E-state index in [9.17, 15) is 9.59 Å². The van der Waals surface area contributed by atoms with Crippen molar-refractivity contribution in [1.29, 1.82) is 0 Å². The standard InChI is InChI=1S/C20H29N5O2/c1-13(2)18(21)20(27)23-11-17(26)22-10-15-12-25(24-19(15)14(3)4)16-8-6-5-7-9-16/h5-9,12-14,18H,10-11,21H2,1-4H3,(H,22,26)(H,23,27)/t18-/m0/s1. The van der Waals surface area contributed by atoms with Gasteiger partial charge in [-0.15, -0.1) is 0 Å². The molecule has 0 radical (unpaired) electrons. The fraction of sp³-hybridized carbons (Fsp3) is 0.450. The third kappa shape index (κ3) is 5.65. The van der Waals surface area contributed by atoms with Crippen LogP contribution in [0, 0.1) is 5.92 Å². The van der Waals surface area contributed by atoms with Crippen LogP contribution in [-0.2, 0) is 16.1 Å². The molecule has 1 aromatic heterocycles. The molecular weight excluding hydrogens is 342 g/mol. The Bertz CT molecular complexity index is 768. The summed E-state index contributed by atoms with van der Waals surface area (Å²) < 4.78 is 1.82. The van der Waals surface area contributed by atoms with E-state index in [4.69, 9.17) is 5.73 Å². The molecule has 0 aliphatic rings. The second-order valence-corrected chi connectivity index (χ2v) is 7.24. The Morgan fingerprint density at radius 3 is 2.37 bits per heavy atom. The lowest BCUT2D eigenvalue weighted by atomic mass is 10.1. The van der Waals surface area contributed by atoms with Crippen LogP contribution in [0.2, 0.25) is 0 Å². The summed E-state index contributed by atoms with van der Waals surface area (Å²) >= 11 is 0. The smallest absolute Gasteiger partial charge is 0.239 e. The fourth-order valence-electron chi connectivity index (χ4n) is 2.60. The maximum atomic E-state index is 12.1. The summed E-state index contributed by atoms with van der Waals surface area (Å²) in [4.78, 5) is 23.9. The normalized spacial score (nSPS) is 12.3. The van der Waals surface area contributed by atoms with Crippen molar-refractivity contribution in [3.63, 3.8) is 0 Å². The van der Waals surface area contributed by atoms with Gasteiger partial charge in [-0.05, 0) is 24.0 Å². The van der Waals surface area contributed by atoms with E-state index >= 15 is 0 Å². The van der Waals surface area contributed by atoms with Crippen LogP contribution < -0.4 is 16.4 Å². The molecule has 1 atom stereocenters. The number of nitrogens with one attached hydrogen (secondary N) is 2. The summed E-state index contributed by atoms with van der Waals surface area (Å²) in [5.41, 5.74) is 8.62. The van der Waals surface area contributed by atoms with Gasteiger partial charge in [-0.25, -0.2) is 4.68 Å². The molecule has 7 nitrogen and oxygen atoms in total. The average molecular weight is 371 g/mol. The highest BCUT2D eigenvalue weighted by atomic mass is 16.2. The van der Waals surface area contributed by atoms with E-state index in [1.54, 1.807) is 0 Å². The van der Waals surface area contributed by atoms with Gasteiger partial charge in [-0.2, -0.15) is 5.10 Å². The maximum absolute atomic E-state index is 12.1. The second kappa shape index (κ2) is 9.32. The molecule has 0 saturated heterocycles. The van der Waals surface area contributed by atoms with Gasteiger partial charge in [-0.1, -0.05) is 45.9 Å². The first kappa shape index (κ1) is 20.6. The van der Waals surface area contributed by atoms with E-state index in [0.717, 1.165) is 16.9 Å². The van der Waals surface area contributed by atoms with E-state index in [0.29, 0.717) is 6.54 Å². The molecule has 2 aromatic rings. The van der Waals surface area contributed by atoms with Gasteiger partial charge >= 0.3 is 0 Å². The van der Waals surface area contributed by atoms with E-state index in [1.165, 1.54) is 0 Å².